The van der Waals surface area contributed by atoms with Crippen LogP contribution in [-0.2, 0) is 17.6 Å². The Bertz CT molecular complexity index is 633. The highest BCUT2D eigenvalue weighted by molar-refractivity contribution is 7.19. The van der Waals surface area contributed by atoms with Gasteiger partial charge < -0.3 is 5.11 Å². The fraction of sp³-hybridized carbons (Fsp3) is 0.250. The van der Waals surface area contributed by atoms with Crippen molar-refractivity contribution in [3.8, 4) is 0 Å². The molecule has 1 N–H and O–H groups in total. The first kappa shape index (κ1) is 11.3. The molecule has 88 valence electrons. The molecule has 1 unspecified atom stereocenters. The molecule has 1 aliphatic carbocycles. The van der Waals surface area contributed by atoms with Gasteiger partial charge in [0.1, 0.15) is 0 Å². The molecule has 0 saturated heterocycles. The zero-order valence-electron chi connectivity index (χ0n) is 8.67. The van der Waals surface area contributed by atoms with Crippen LogP contribution in [0.15, 0.2) is 12.1 Å². The molecule has 1 aromatic carbocycles. The second kappa shape index (κ2) is 3.87. The number of fused-ring (bicyclic) bond motifs is 3. The van der Waals surface area contributed by atoms with E-state index in [0.717, 1.165) is 20.5 Å². The Morgan fingerprint density at radius 1 is 1.35 bits per heavy atom. The SMILES string of the molecule is O=C(O)C1Cc2sc3cc(Cl)cc(Cl)c3c2C1. The summed E-state index contributed by atoms with van der Waals surface area (Å²) in [5.41, 5.74) is 1.10. The maximum Gasteiger partial charge on any atom is 0.307 e. The molecule has 17 heavy (non-hydrogen) atoms. The maximum absolute atomic E-state index is 11.0. The van der Waals surface area contributed by atoms with Crippen LogP contribution in [-0.4, -0.2) is 11.1 Å². The predicted octanol–water partition coefficient (Wildman–Crippen LogP) is 4.01. The van der Waals surface area contributed by atoms with E-state index in [1.54, 1.807) is 17.4 Å². The highest BCUT2D eigenvalue weighted by Crippen LogP contribution is 2.43. The number of halogens is 2. The van der Waals surface area contributed by atoms with Crippen molar-refractivity contribution in [3.05, 3.63) is 32.6 Å². The molecule has 1 heterocycles. The molecule has 0 bridgehead atoms. The topological polar surface area (TPSA) is 37.3 Å². The van der Waals surface area contributed by atoms with E-state index in [9.17, 15) is 4.79 Å². The molecular formula is C12H8Cl2O2S. The zero-order chi connectivity index (χ0) is 12.2. The van der Waals surface area contributed by atoms with Crippen molar-refractivity contribution in [1.82, 2.24) is 0 Å². The standard InChI is InChI=1S/C12H8Cl2O2S/c13-6-3-8(14)11-7-1-5(12(15)16)2-9(7)17-10(11)4-6/h3-5H,1-2H2,(H,15,16). The van der Waals surface area contributed by atoms with Crippen molar-refractivity contribution in [3.63, 3.8) is 0 Å². The first-order chi connectivity index (χ1) is 8.06. The molecule has 5 heteroatoms. The summed E-state index contributed by atoms with van der Waals surface area (Å²) < 4.78 is 1.05. The Morgan fingerprint density at radius 3 is 2.82 bits per heavy atom. The smallest absolute Gasteiger partial charge is 0.307 e. The van der Waals surface area contributed by atoms with Crippen molar-refractivity contribution in [2.45, 2.75) is 12.8 Å². The summed E-state index contributed by atoms with van der Waals surface area (Å²) in [6, 6.07) is 3.61. The summed E-state index contributed by atoms with van der Waals surface area (Å²) in [7, 11) is 0. The van der Waals surface area contributed by atoms with Crippen molar-refractivity contribution < 1.29 is 9.90 Å². The van der Waals surface area contributed by atoms with E-state index in [-0.39, 0.29) is 5.92 Å². The molecule has 0 saturated carbocycles. The Hall–Kier alpha value is -0.770. The lowest BCUT2D eigenvalue weighted by molar-refractivity contribution is -0.141. The number of aliphatic carboxylic acids is 1. The van der Waals surface area contributed by atoms with Gasteiger partial charge in [-0.2, -0.15) is 0 Å². The number of carboxylic acids is 1. The van der Waals surface area contributed by atoms with Crippen LogP contribution >= 0.6 is 34.5 Å². The fourth-order valence-corrected chi connectivity index (χ4v) is 4.46. The highest BCUT2D eigenvalue weighted by Gasteiger charge is 2.31. The minimum Gasteiger partial charge on any atom is -0.481 e. The van der Waals surface area contributed by atoms with Gasteiger partial charge in [-0.25, -0.2) is 0 Å². The molecular weight excluding hydrogens is 279 g/mol. The number of benzene rings is 1. The maximum atomic E-state index is 11.0. The first-order valence-electron chi connectivity index (χ1n) is 5.18. The largest absolute Gasteiger partial charge is 0.481 e. The molecule has 3 rings (SSSR count). The summed E-state index contributed by atoms with van der Waals surface area (Å²) in [5.74, 6) is -1.03. The molecule has 2 nitrogen and oxygen atoms in total. The summed E-state index contributed by atoms with van der Waals surface area (Å²) in [5, 5.41) is 11.3. The minimum atomic E-state index is -0.730. The quantitative estimate of drug-likeness (QED) is 0.860. The van der Waals surface area contributed by atoms with E-state index in [1.807, 2.05) is 6.07 Å². The Morgan fingerprint density at radius 2 is 2.12 bits per heavy atom. The van der Waals surface area contributed by atoms with Gasteiger partial charge in [0.15, 0.2) is 0 Å². The second-order valence-electron chi connectivity index (χ2n) is 4.21. The molecule has 0 aliphatic heterocycles. The van der Waals surface area contributed by atoms with Crippen LogP contribution in [0.1, 0.15) is 10.4 Å². The zero-order valence-corrected chi connectivity index (χ0v) is 11.0. The van der Waals surface area contributed by atoms with Crippen LogP contribution < -0.4 is 0 Å². The third-order valence-electron chi connectivity index (χ3n) is 3.12. The molecule has 0 amide bonds. The lowest BCUT2D eigenvalue weighted by atomic mass is 10.1. The van der Waals surface area contributed by atoms with Crippen LogP contribution in [0.25, 0.3) is 10.1 Å². The molecule has 1 atom stereocenters. The van der Waals surface area contributed by atoms with Crippen LogP contribution in [0, 0.1) is 5.92 Å². The first-order valence-corrected chi connectivity index (χ1v) is 6.75. The van der Waals surface area contributed by atoms with Gasteiger partial charge in [-0.05, 0) is 30.5 Å². The number of hydrogen-bond acceptors (Lipinski definition) is 2. The predicted molar refractivity (Wildman–Crippen MR) is 70.4 cm³/mol. The van der Waals surface area contributed by atoms with Gasteiger partial charge in [0.25, 0.3) is 0 Å². The summed E-state index contributed by atoms with van der Waals surface area (Å²) in [6.07, 6.45) is 1.18. The monoisotopic (exact) mass is 286 g/mol. The van der Waals surface area contributed by atoms with Crippen LogP contribution in [0.2, 0.25) is 10.0 Å². The van der Waals surface area contributed by atoms with Gasteiger partial charge in [-0.3, -0.25) is 4.79 Å². The van der Waals surface area contributed by atoms with Crippen molar-refractivity contribution in [2.75, 3.05) is 0 Å². The van der Waals surface area contributed by atoms with Crippen molar-refractivity contribution >= 4 is 50.6 Å². The van der Waals surface area contributed by atoms with E-state index in [1.165, 1.54) is 0 Å². The summed E-state index contributed by atoms with van der Waals surface area (Å²) >= 11 is 13.7. The van der Waals surface area contributed by atoms with Crippen molar-refractivity contribution in [2.24, 2.45) is 5.92 Å². The molecule has 0 spiro atoms. The molecule has 1 aromatic heterocycles. The van der Waals surface area contributed by atoms with Gasteiger partial charge in [-0.1, -0.05) is 23.2 Å². The number of rotatable bonds is 1. The number of carboxylic acid groups (broad SMARTS) is 1. The van der Waals surface area contributed by atoms with Crippen molar-refractivity contribution in [1.29, 1.82) is 0 Å². The third-order valence-corrected chi connectivity index (χ3v) is 4.84. The Kier molecular flexibility index (Phi) is 2.58. The fourth-order valence-electron chi connectivity index (χ4n) is 2.35. The Balaban J connectivity index is 2.18. The van der Waals surface area contributed by atoms with Crippen LogP contribution in [0.3, 0.4) is 0 Å². The summed E-state index contributed by atoms with van der Waals surface area (Å²) in [6.45, 7) is 0. The number of carbonyl (C=O) groups is 1. The van der Waals surface area contributed by atoms with Crippen LogP contribution in [0.5, 0.6) is 0 Å². The second-order valence-corrected chi connectivity index (χ2v) is 6.19. The third kappa shape index (κ3) is 1.73. The Labute approximate surface area is 112 Å². The molecule has 0 fully saturated rings. The minimum absolute atomic E-state index is 0.299. The molecule has 1 aliphatic rings. The van der Waals surface area contributed by atoms with E-state index < -0.39 is 5.97 Å². The highest BCUT2D eigenvalue weighted by atomic mass is 35.5. The van der Waals surface area contributed by atoms with Gasteiger partial charge in [0.2, 0.25) is 0 Å². The lowest BCUT2D eigenvalue weighted by Crippen LogP contribution is -2.13. The van der Waals surface area contributed by atoms with Gasteiger partial charge in [0.05, 0.1) is 10.9 Å². The summed E-state index contributed by atoms with van der Waals surface area (Å²) in [4.78, 5) is 12.1. The average molecular weight is 287 g/mol. The molecule has 2 aromatic rings. The molecule has 0 radical (unpaired) electrons. The normalized spacial score (nSPS) is 18.6. The van der Waals surface area contributed by atoms with Gasteiger partial charge in [-0.15, -0.1) is 11.3 Å². The van der Waals surface area contributed by atoms with E-state index in [4.69, 9.17) is 28.3 Å². The van der Waals surface area contributed by atoms with E-state index in [0.29, 0.717) is 22.9 Å². The van der Waals surface area contributed by atoms with Gasteiger partial charge in [0, 0.05) is 20.0 Å². The van der Waals surface area contributed by atoms with E-state index >= 15 is 0 Å². The van der Waals surface area contributed by atoms with Gasteiger partial charge >= 0.3 is 5.97 Å². The number of thiophene rings is 1. The van der Waals surface area contributed by atoms with E-state index in [2.05, 4.69) is 0 Å². The lowest BCUT2D eigenvalue weighted by Gasteiger charge is -2.03. The van der Waals surface area contributed by atoms with Crippen LogP contribution in [0.4, 0.5) is 0 Å². The average Bonchev–Trinajstić information content (AvgIpc) is 2.72. The number of hydrogen-bond donors (Lipinski definition) is 1.